The van der Waals surface area contributed by atoms with Gasteiger partial charge in [0, 0.05) is 0 Å². The van der Waals surface area contributed by atoms with Crippen LogP contribution in [0.5, 0.6) is 5.75 Å². The van der Waals surface area contributed by atoms with Crippen molar-refractivity contribution in [3.63, 3.8) is 0 Å². The highest BCUT2D eigenvalue weighted by molar-refractivity contribution is 5.90. The standard InChI is InChI=1S/C12H13FO3/c1-8(2)5-6-16-11-4-3-9(13)7-10(11)12(14)15/h3-5,7H,6H2,1-2H3,(H,14,15). The van der Waals surface area contributed by atoms with Gasteiger partial charge in [0.15, 0.2) is 0 Å². The second-order valence-corrected chi connectivity index (χ2v) is 3.54. The van der Waals surface area contributed by atoms with Gasteiger partial charge in [0.25, 0.3) is 0 Å². The van der Waals surface area contributed by atoms with Crippen LogP contribution in [0.15, 0.2) is 29.8 Å². The lowest BCUT2D eigenvalue weighted by Crippen LogP contribution is -2.04. The molecule has 0 aliphatic carbocycles. The van der Waals surface area contributed by atoms with E-state index in [1.54, 1.807) is 0 Å². The first-order valence-corrected chi connectivity index (χ1v) is 4.79. The molecule has 4 heteroatoms. The Morgan fingerprint density at radius 1 is 1.50 bits per heavy atom. The van der Waals surface area contributed by atoms with Crippen molar-refractivity contribution >= 4 is 5.97 Å². The molecule has 0 fully saturated rings. The molecule has 0 heterocycles. The molecule has 0 aromatic heterocycles. The van der Waals surface area contributed by atoms with E-state index in [9.17, 15) is 9.18 Å². The van der Waals surface area contributed by atoms with Crippen LogP contribution in [0.4, 0.5) is 4.39 Å². The number of benzene rings is 1. The third-order valence-corrected chi connectivity index (χ3v) is 1.90. The molecule has 0 atom stereocenters. The first kappa shape index (κ1) is 12.2. The highest BCUT2D eigenvalue weighted by Crippen LogP contribution is 2.19. The van der Waals surface area contributed by atoms with Crippen LogP contribution in [0.2, 0.25) is 0 Å². The van der Waals surface area contributed by atoms with E-state index in [4.69, 9.17) is 9.84 Å². The molecule has 0 unspecified atom stereocenters. The lowest BCUT2D eigenvalue weighted by molar-refractivity contribution is 0.0692. The number of halogens is 1. The second-order valence-electron chi connectivity index (χ2n) is 3.54. The van der Waals surface area contributed by atoms with Gasteiger partial charge in [-0.3, -0.25) is 0 Å². The molecule has 3 nitrogen and oxygen atoms in total. The Morgan fingerprint density at radius 3 is 2.75 bits per heavy atom. The average Bonchev–Trinajstić information content (AvgIpc) is 2.19. The molecule has 1 N–H and O–H groups in total. The van der Waals surface area contributed by atoms with Crippen LogP contribution in [0.25, 0.3) is 0 Å². The predicted octanol–water partition coefficient (Wildman–Crippen LogP) is 2.87. The maximum Gasteiger partial charge on any atom is 0.339 e. The largest absolute Gasteiger partial charge is 0.489 e. The fourth-order valence-electron chi connectivity index (χ4n) is 1.09. The second kappa shape index (κ2) is 5.30. The van der Waals surface area contributed by atoms with Gasteiger partial charge < -0.3 is 9.84 Å². The van der Waals surface area contributed by atoms with Crippen LogP contribution in [0.1, 0.15) is 24.2 Å². The summed E-state index contributed by atoms with van der Waals surface area (Å²) >= 11 is 0. The maximum atomic E-state index is 12.8. The minimum atomic E-state index is -1.20. The van der Waals surface area contributed by atoms with Crippen molar-refractivity contribution < 1.29 is 19.0 Å². The molecule has 0 spiro atoms. The van der Waals surface area contributed by atoms with E-state index in [2.05, 4.69) is 0 Å². The smallest absolute Gasteiger partial charge is 0.339 e. The molecule has 86 valence electrons. The molecule has 0 saturated carbocycles. The van der Waals surface area contributed by atoms with Gasteiger partial charge in [0.05, 0.1) is 0 Å². The fourth-order valence-corrected chi connectivity index (χ4v) is 1.09. The van der Waals surface area contributed by atoms with Crippen molar-refractivity contribution in [2.45, 2.75) is 13.8 Å². The molecule has 0 bridgehead atoms. The summed E-state index contributed by atoms with van der Waals surface area (Å²) < 4.78 is 18.1. The molecule has 1 aromatic carbocycles. The Morgan fingerprint density at radius 2 is 2.19 bits per heavy atom. The number of hydrogen-bond acceptors (Lipinski definition) is 2. The zero-order valence-corrected chi connectivity index (χ0v) is 9.16. The Kier molecular flexibility index (Phi) is 4.05. The van der Waals surface area contributed by atoms with Crippen LogP contribution >= 0.6 is 0 Å². The molecule has 0 saturated heterocycles. The van der Waals surface area contributed by atoms with Crippen LogP contribution in [-0.2, 0) is 0 Å². The van der Waals surface area contributed by atoms with E-state index >= 15 is 0 Å². The summed E-state index contributed by atoms with van der Waals surface area (Å²) in [6.07, 6.45) is 1.81. The van der Waals surface area contributed by atoms with E-state index in [0.29, 0.717) is 0 Å². The summed E-state index contributed by atoms with van der Waals surface area (Å²) in [4.78, 5) is 10.8. The number of rotatable bonds is 4. The number of carboxylic acid groups (broad SMARTS) is 1. The van der Waals surface area contributed by atoms with Gasteiger partial charge in [0.1, 0.15) is 23.7 Å². The Balaban J connectivity index is 2.87. The number of allylic oxidation sites excluding steroid dienone is 1. The summed E-state index contributed by atoms with van der Waals surface area (Å²) in [5.41, 5.74) is 0.904. The van der Waals surface area contributed by atoms with Gasteiger partial charge in [-0.15, -0.1) is 0 Å². The number of carbonyl (C=O) groups is 1. The fraction of sp³-hybridized carbons (Fsp3) is 0.250. The third-order valence-electron chi connectivity index (χ3n) is 1.90. The quantitative estimate of drug-likeness (QED) is 0.800. The van der Waals surface area contributed by atoms with Gasteiger partial charge in [0.2, 0.25) is 0 Å². The molecule has 1 rings (SSSR count). The molecule has 0 amide bonds. The number of ether oxygens (including phenoxy) is 1. The van der Waals surface area contributed by atoms with Crippen molar-refractivity contribution in [2.75, 3.05) is 6.61 Å². The first-order valence-electron chi connectivity index (χ1n) is 4.79. The predicted molar refractivity (Wildman–Crippen MR) is 58.3 cm³/mol. The van der Waals surface area contributed by atoms with E-state index in [1.165, 1.54) is 12.1 Å². The summed E-state index contributed by atoms with van der Waals surface area (Å²) in [7, 11) is 0. The first-order chi connectivity index (χ1) is 7.50. The van der Waals surface area contributed by atoms with E-state index in [1.807, 2.05) is 19.9 Å². The lowest BCUT2D eigenvalue weighted by Gasteiger charge is -2.07. The van der Waals surface area contributed by atoms with Crippen LogP contribution < -0.4 is 4.74 Å². The van der Waals surface area contributed by atoms with E-state index < -0.39 is 11.8 Å². The Bertz CT molecular complexity index is 420. The van der Waals surface area contributed by atoms with Gasteiger partial charge in [-0.2, -0.15) is 0 Å². The summed E-state index contributed by atoms with van der Waals surface area (Å²) in [6, 6.07) is 3.43. The Hall–Kier alpha value is -1.84. The highest BCUT2D eigenvalue weighted by atomic mass is 19.1. The third kappa shape index (κ3) is 3.38. The molecule has 16 heavy (non-hydrogen) atoms. The topological polar surface area (TPSA) is 46.5 Å². The lowest BCUT2D eigenvalue weighted by atomic mass is 10.2. The average molecular weight is 224 g/mol. The summed E-state index contributed by atoms with van der Waals surface area (Å²) in [5.74, 6) is -1.62. The van der Waals surface area contributed by atoms with Crippen LogP contribution in [-0.4, -0.2) is 17.7 Å². The molecule has 0 aliphatic heterocycles. The maximum absolute atomic E-state index is 12.8. The van der Waals surface area contributed by atoms with Gasteiger partial charge in [-0.25, -0.2) is 9.18 Å². The van der Waals surface area contributed by atoms with Crippen molar-refractivity contribution in [1.29, 1.82) is 0 Å². The SMILES string of the molecule is CC(C)=CCOc1ccc(F)cc1C(=O)O. The van der Waals surface area contributed by atoms with E-state index in [-0.39, 0.29) is 17.9 Å². The minimum absolute atomic E-state index is 0.165. The van der Waals surface area contributed by atoms with Gasteiger partial charge >= 0.3 is 5.97 Å². The van der Waals surface area contributed by atoms with Gasteiger partial charge in [-0.1, -0.05) is 5.57 Å². The normalized spacial score (nSPS) is 9.69. The zero-order chi connectivity index (χ0) is 12.1. The van der Waals surface area contributed by atoms with Crippen molar-refractivity contribution in [1.82, 2.24) is 0 Å². The van der Waals surface area contributed by atoms with Crippen LogP contribution in [0.3, 0.4) is 0 Å². The number of hydrogen-bond donors (Lipinski definition) is 1. The number of carboxylic acids is 1. The molecule has 0 aliphatic rings. The molecule has 1 aromatic rings. The van der Waals surface area contributed by atoms with E-state index in [0.717, 1.165) is 11.6 Å². The molecular weight excluding hydrogens is 211 g/mol. The molecule has 0 radical (unpaired) electrons. The zero-order valence-electron chi connectivity index (χ0n) is 9.16. The van der Waals surface area contributed by atoms with Crippen molar-refractivity contribution in [2.24, 2.45) is 0 Å². The minimum Gasteiger partial charge on any atom is -0.489 e. The summed E-state index contributed by atoms with van der Waals surface area (Å²) in [5, 5.41) is 8.84. The molecular formula is C12H13FO3. The highest BCUT2D eigenvalue weighted by Gasteiger charge is 2.11. The number of aromatic carboxylic acids is 1. The summed E-state index contributed by atoms with van der Waals surface area (Å²) in [6.45, 7) is 4.09. The van der Waals surface area contributed by atoms with Crippen LogP contribution in [0, 0.1) is 5.82 Å². The van der Waals surface area contributed by atoms with Crippen molar-refractivity contribution in [3.05, 3.63) is 41.2 Å². The van der Waals surface area contributed by atoms with Crippen molar-refractivity contribution in [3.8, 4) is 5.75 Å². The Labute approximate surface area is 93.2 Å². The monoisotopic (exact) mass is 224 g/mol. The van der Waals surface area contributed by atoms with Gasteiger partial charge in [-0.05, 0) is 38.1 Å².